The monoisotopic (exact) mass is 363 g/mol. The molecule has 1 atom stereocenters. The van der Waals surface area contributed by atoms with Crippen molar-refractivity contribution in [2.45, 2.75) is 38.3 Å². The number of urea groups is 1. The van der Waals surface area contributed by atoms with E-state index in [9.17, 15) is 19.5 Å². The third-order valence-corrected chi connectivity index (χ3v) is 5.20. The minimum absolute atomic E-state index is 0.0239. The van der Waals surface area contributed by atoms with Crippen molar-refractivity contribution in [2.24, 2.45) is 13.0 Å². The van der Waals surface area contributed by atoms with Crippen LogP contribution in [0.3, 0.4) is 0 Å². The summed E-state index contributed by atoms with van der Waals surface area (Å²) in [4.78, 5) is 43.4. The molecule has 1 unspecified atom stereocenters. The quantitative estimate of drug-likeness (QED) is 0.734. The van der Waals surface area contributed by atoms with Gasteiger partial charge < -0.3 is 19.9 Å². The molecular formula is C17H25N5O4. The van der Waals surface area contributed by atoms with Gasteiger partial charge in [0.05, 0.1) is 0 Å². The summed E-state index contributed by atoms with van der Waals surface area (Å²) in [6.45, 7) is 3.95. The van der Waals surface area contributed by atoms with Gasteiger partial charge in [0, 0.05) is 32.5 Å². The highest BCUT2D eigenvalue weighted by atomic mass is 16.3. The standard InChI is InChI=1S/C17H25N5O4/c1-17(2)15(25)22(16(26)19-17)10-12(23)21-7-4-11(5-8-21)13(24)14-18-6-9-20(14)3/h6,9,11,13,24H,4-5,7-8,10H2,1-3H3,(H,19,26). The number of hydrogen-bond acceptors (Lipinski definition) is 5. The van der Waals surface area contributed by atoms with Gasteiger partial charge in [-0.05, 0) is 32.6 Å². The van der Waals surface area contributed by atoms with Gasteiger partial charge in [-0.2, -0.15) is 0 Å². The van der Waals surface area contributed by atoms with Crippen LogP contribution in [0.25, 0.3) is 0 Å². The van der Waals surface area contributed by atoms with E-state index in [1.54, 1.807) is 35.7 Å². The molecule has 9 heteroatoms. The molecule has 2 N–H and O–H groups in total. The van der Waals surface area contributed by atoms with Gasteiger partial charge in [-0.15, -0.1) is 0 Å². The first-order valence-electron chi connectivity index (χ1n) is 8.78. The van der Waals surface area contributed by atoms with Gasteiger partial charge in [0.2, 0.25) is 5.91 Å². The lowest BCUT2D eigenvalue weighted by molar-refractivity contribution is -0.139. The molecule has 2 fully saturated rings. The largest absolute Gasteiger partial charge is 0.385 e. The lowest BCUT2D eigenvalue weighted by Gasteiger charge is -2.34. The van der Waals surface area contributed by atoms with Gasteiger partial charge in [-0.3, -0.25) is 14.5 Å². The Bertz CT molecular complexity index is 720. The lowest BCUT2D eigenvalue weighted by Crippen LogP contribution is -2.47. The minimum Gasteiger partial charge on any atom is -0.385 e. The number of imidazole rings is 1. The van der Waals surface area contributed by atoms with Crippen molar-refractivity contribution in [1.82, 2.24) is 24.7 Å². The van der Waals surface area contributed by atoms with Crippen molar-refractivity contribution < 1.29 is 19.5 Å². The zero-order chi connectivity index (χ0) is 19.1. The molecule has 0 aliphatic carbocycles. The Morgan fingerprint density at radius 2 is 2.04 bits per heavy atom. The topological polar surface area (TPSA) is 108 Å². The highest BCUT2D eigenvalue weighted by Crippen LogP contribution is 2.30. The molecule has 4 amide bonds. The number of hydrogen-bond donors (Lipinski definition) is 2. The van der Waals surface area contributed by atoms with E-state index >= 15 is 0 Å². The molecule has 1 aromatic rings. The molecule has 142 valence electrons. The van der Waals surface area contributed by atoms with Crippen LogP contribution in [-0.4, -0.2) is 67.5 Å². The number of aliphatic hydroxyl groups excluding tert-OH is 1. The highest BCUT2D eigenvalue weighted by molar-refractivity contribution is 6.08. The summed E-state index contributed by atoms with van der Waals surface area (Å²) in [5.41, 5.74) is -0.976. The zero-order valence-electron chi connectivity index (χ0n) is 15.3. The smallest absolute Gasteiger partial charge is 0.325 e. The Kier molecular flexibility index (Phi) is 4.74. The second-order valence-corrected chi connectivity index (χ2v) is 7.51. The van der Waals surface area contributed by atoms with E-state index in [1.807, 2.05) is 7.05 Å². The maximum atomic E-state index is 12.5. The molecule has 3 rings (SSSR count). The summed E-state index contributed by atoms with van der Waals surface area (Å²) in [5, 5.41) is 13.1. The first-order chi connectivity index (χ1) is 12.2. The van der Waals surface area contributed by atoms with E-state index in [0.29, 0.717) is 31.8 Å². The van der Waals surface area contributed by atoms with Crippen LogP contribution in [-0.2, 0) is 16.6 Å². The van der Waals surface area contributed by atoms with Crippen molar-refractivity contribution in [3.8, 4) is 0 Å². The van der Waals surface area contributed by atoms with Crippen molar-refractivity contribution in [1.29, 1.82) is 0 Å². The van der Waals surface area contributed by atoms with Crippen molar-refractivity contribution in [3.05, 3.63) is 18.2 Å². The predicted molar refractivity (Wildman–Crippen MR) is 91.8 cm³/mol. The fourth-order valence-electron chi connectivity index (χ4n) is 3.53. The van der Waals surface area contributed by atoms with Gasteiger partial charge in [0.15, 0.2) is 0 Å². The second kappa shape index (κ2) is 6.71. The SMILES string of the molecule is Cn1ccnc1C(O)C1CCN(C(=O)CN2C(=O)NC(C)(C)C2=O)CC1. The number of imide groups is 1. The third kappa shape index (κ3) is 3.31. The average Bonchev–Trinajstić information content (AvgIpc) is 3.10. The number of aliphatic hydroxyl groups is 1. The molecule has 0 saturated carbocycles. The second-order valence-electron chi connectivity index (χ2n) is 7.51. The molecular weight excluding hydrogens is 338 g/mol. The van der Waals surface area contributed by atoms with Crippen LogP contribution in [0.4, 0.5) is 4.79 Å². The Morgan fingerprint density at radius 1 is 1.38 bits per heavy atom. The molecule has 3 heterocycles. The first-order valence-corrected chi connectivity index (χ1v) is 8.78. The molecule has 0 bridgehead atoms. The predicted octanol–water partition coefficient (Wildman–Crippen LogP) is 0.0225. The van der Waals surface area contributed by atoms with Crippen molar-refractivity contribution in [3.63, 3.8) is 0 Å². The fourth-order valence-corrected chi connectivity index (χ4v) is 3.53. The number of piperidine rings is 1. The van der Waals surface area contributed by atoms with Crippen LogP contribution >= 0.6 is 0 Å². The number of nitrogens with one attached hydrogen (secondary N) is 1. The van der Waals surface area contributed by atoms with E-state index in [1.165, 1.54) is 0 Å². The van der Waals surface area contributed by atoms with E-state index in [0.717, 1.165) is 4.90 Å². The number of carbonyl (C=O) groups excluding carboxylic acids is 3. The minimum atomic E-state index is -0.976. The van der Waals surface area contributed by atoms with E-state index in [2.05, 4.69) is 10.3 Å². The van der Waals surface area contributed by atoms with Gasteiger partial charge in [-0.25, -0.2) is 9.78 Å². The summed E-state index contributed by atoms with van der Waals surface area (Å²) < 4.78 is 1.79. The first kappa shape index (κ1) is 18.4. The molecule has 9 nitrogen and oxygen atoms in total. The number of amides is 4. The van der Waals surface area contributed by atoms with Gasteiger partial charge >= 0.3 is 6.03 Å². The summed E-state index contributed by atoms with van der Waals surface area (Å²) in [7, 11) is 1.84. The third-order valence-electron chi connectivity index (χ3n) is 5.20. The van der Waals surface area contributed by atoms with Crippen LogP contribution < -0.4 is 5.32 Å². The van der Waals surface area contributed by atoms with Crippen molar-refractivity contribution in [2.75, 3.05) is 19.6 Å². The van der Waals surface area contributed by atoms with Crippen LogP contribution in [0.1, 0.15) is 38.6 Å². The molecule has 0 spiro atoms. The van der Waals surface area contributed by atoms with E-state index < -0.39 is 23.6 Å². The van der Waals surface area contributed by atoms with E-state index in [-0.39, 0.29) is 18.4 Å². The summed E-state index contributed by atoms with van der Waals surface area (Å²) >= 11 is 0. The Hall–Kier alpha value is -2.42. The van der Waals surface area contributed by atoms with Crippen LogP contribution in [0, 0.1) is 5.92 Å². The number of rotatable bonds is 4. The van der Waals surface area contributed by atoms with Crippen LogP contribution in [0.5, 0.6) is 0 Å². The van der Waals surface area contributed by atoms with Gasteiger partial charge in [-0.1, -0.05) is 0 Å². The lowest BCUT2D eigenvalue weighted by atomic mass is 9.90. The average molecular weight is 363 g/mol. The highest BCUT2D eigenvalue weighted by Gasteiger charge is 2.45. The maximum absolute atomic E-state index is 12.5. The summed E-state index contributed by atoms with van der Waals surface area (Å²) in [6.07, 6.45) is 4.06. The Balaban J connectivity index is 1.55. The Morgan fingerprint density at radius 3 is 2.54 bits per heavy atom. The molecule has 0 radical (unpaired) electrons. The number of likely N-dealkylation sites (tertiary alicyclic amines) is 1. The fraction of sp³-hybridized carbons (Fsp3) is 0.647. The normalized spacial score (nSPS) is 21.8. The van der Waals surface area contributed by atoms with Gasteiger partial charge in [0.1, 0.15) is 24.0 Å². The molecule has 26 heavy (non-hydrogen) atoms. The van der Waals surface area contributed by atoms with Gasteiger partial charge in [0.25, 0.3) is 5.91 Å². The van der Waals surface area contributed by atoms with Crippen molar-refractivity contribution >= 4 is 17.8 Å². The number of aromatic nitrogens is 2. The molecule has 2 saturated heterocycles. The molecule has 2 aliphatic rings. The zero-order valence-corrected chi connectivity index (χ0v) is 15.3. The summed E-state index contributed by atoms with van der Waals surface area (Å²) in [6, 6.07) is -0.534. The Labute approximate surface area is 152 Å². The van der Waals surface area contributed by atoms with Crippen LogP contribution in [0.15, 0.2) is 12.4 Å². The van der Waals surface area contributed by atoms with E-state index in [4.69, 9.17) is 0 Å². The molecule has 1 aromatic heterocycles. The molecule has 0 aromatic carbocycles. The summed E-state index contributed by atoms with van der Waals surface area (Å²) in [5.74, 6) is -0.000727. The number of aryl methyl sites for hydroxylation is 1. The number of carbonyl (C=O) groups is 3. The van der Waals surface area contributed by atoms with Crippen LogP contribution in [0.2, 0.25) is 0 Å². The molecule has 2 aliphatic heterocycles. The number of nitrogens with zero attached hydrogens (tertiary/aromatic N) is 4. The maximum Gasteiger partial charge on any atom is 0.325 e.